The molecule has 16 heavy (non-hydrogen) atoms. The van der Waals surface area contributed by atoms with Crippen LogP contribution in [0.5, 0.6) is 0 Å². The summed E-state index contributed by atoms with van der Waals surface area (Å²) >= 11 is 5.05. The first-order valence-electron chi connectivity index (χ1n) is 5.36. The summed E-state index contributed by atoms with van der Waals surface area (Å²) in [5.41, 5.74) is 0. The molecule has 0 heterocycles. The fourth-order valence-electron chi connectivity index (χ4n) is 1.88. The van der Waals surface area contributed by atoms with Gasteiger partial charge in [-0.25, -0.2) is 8.19 Å². The molecule has 0 aliphatic carbocycles. The van der Waals surface area contributed by atoms with Crippen molar-refractivity contribution in [3.8, 4) is 0 Å². The standard InChI is InChI=1S/C14H18S2/c1-16(2,15,13-9-5-3-6-10-13)14-11-7-4-8-12-14/h3-12,15-16H,1-2H3. The molecule has 0 aromatic heterocycles. The maximum Gasteiger partial charge on any atom is -0.0139 e. The van der Waals surface area contributed by atoms with Crippen LogP contribution in [0.1, 0.15) is 0 Å². The van der Waals surface area contributed by atoms with Crippen LogP contribution >= 0.6 is 19.9 Å². The van der Waals surface area contributed by atoms with Crippen LogP contribution in [-0.4, -0.2) is 12.5 Å². The maximum absolute atomic E-state index is 5.05. The van der Waals surface area contributed by atoms with Crippen LogP contribution in [-0.2, 0) is 0 Å². The van der Waals surface area contributed by atoms with Crippen molar-refractivity contribution in [2.75, 3.05) is 12.5 Å². The van der Waals surface area contributed by atoms with Gasteiger partial charge in [-0.1, -0.05) is 60.7 Å². The lowest BCUT2D eigenvalue weighted by molar-refractivity contribution is 1.35. The Bertz CT molecular complexity index is 423. The number of rotatable bonds is 2. The van der Waals surface area contributed by atoms with Gasteiger partial charge in [-0.3, -0.25) is 0 Å². The molecule has 0 atom stereocenters. The Morgan fingerprint density at radius 3 is 1.31 bits per heavy atom. The Labute approximate surface area is 103 Å². The van der Waals surface area contributed by atoms with E-state index < -0.39 is 8.19 Å². The highest BCUT2D eigenvalue weighted by Gasteiger charge is 2.30. The molecule has 0 radical (unpaired) electrons. The number of thiol groups is 2. The largest absolute Gasteiger partial charge is 0.212 e. The van der Waals surface area contributed by atoms with E-state index in [4.69, 9.17) is 11.7 Å². The van der Waals surface area contributed by atoms with E-state index in [1.54, 1.807) is 0 Å². The highest BCUT2D eigenvalue weighted by molar-refractivity contribution is 8.97. The summed E-state index contributed by atoms with van der Waals surface area (Å²) in [6, 6.07) is 21.2. The van der Waals surface area contributed by atoms with E-state index in [2.05, 4.69) is 73.2 Å². The summed E-state index contributed by atoms with van der Waals surface area (Å²) in [5.74, 6) is 0. The minimum atomic E-state index is -2.24. The van der Waals surface area contributed by atoms with Crippen molar-refractivity contribution in [2.45, 2.75) is 9.79 Å². The quantitative estimate of drug-likeness (QED) is 0.577. The molecule has 2 heteroatoms. The summed E-state index contributed by atoms with van der Waals surface area (Å²) in [6.45, 7) is 0. The van der Waals surface area contributed by atoms with Crippen molar-refractivity contribution < 1.29 is 0 Å². The average molecular weight is 250 g/mol. The van der Waals surface area contributed by atoms with Crippen LogP contribution in [0.4, 0.5) is 0 Å². The van der Waals surface area contributed by atoms with Crippen LogP contribution in [0.25, 0.3) is 0 Å². The van der Waals surface area contributed by atoms with Gasteiger partial charge < -0.3 is 0 Å². The first-order chi connectivity index (χ1) is 7.49. The molecule has 0 amide bonds. The van der Waals surface area contributed by atoms with E-state index in [0.29, 0.717) is 0 Å². The highest BCUT2D eigenvalue weighted by atomic mass is 33.2. The lowest BCUT2D eigenvalue weighted by atomic mass is 10.4. The second kappa shape index (κ2) is 3.86. The van der Waals surface area contributed by atoms with Crippen LogP contribution in [0.15, 0.2) is 70.5 Å². The van der Waals surface area contributed by atoms with Gasteiger partial charge in [0, 0.05) is 0 Å². The molecule has 0 fully saturated rings. The average Bonchev–Trinajstić information content (AvgIpc) is 2.31. The van der Waals surface area contributed by atoms with E-state index in [-0.39, 0.29) is 0 Å². The summed E-state index contributed by atoms with van der Waals surface area (Å²) < 4.78 is 0. The smallest absolute Gasteiger partial charge is 0.0139 e. The van der Waals surface area contributed by atoms with Gasteiger partial charge in [-0.2, -0.15) is 0 Å². The number of benzene rings is 2. The topological polar surface area (TPSA) is 0 Å². The minimum Gasteiger partial charge on any atom is -0.212 e. The fraction of sp³-hybridized carbons (Fsp3) is 0.143. The van der Waals surface area contributed by atoms with E-state index >= 15 is 0 Å². The molecule has 0 bridgehead atoms. The van der Waals surface area contributed by atoms with Crippen LogP contribution in [0.3, 0.4) is 0 Å². The molecule has 0 spiro atoms. The van der Waals surface area contributed by atoms with Gasteiger partial charge in [0.15, 0.2) is 0 Å². The Morgan fingerprint density at radius 2 is 1.00 bits per heavy atom. The first-order valence-corrected chi connectivity index (χ1v) is 9.65. The lowest BCUT2D eigenvalue weighted by Gasteiger charge is -2.51. The lowest BCUT2D eigenvalue weighted by Crippen LogP contribution is -2.08. The van der Waals surface area contributed by atoms with Crippen LogP contribution < -0.4 is 0 Å². The zero-order chi connectivity index (χ0) is 11.7. The molecule has 2 rings (SSSR count). The first kappa shape index (κ1) is 11.6. The van der Waals surface area contributed by atoms with Crippen molar-refractivity contribution in [1.82, 2.24) is 0 Å². The molecular weight excluding hydrogens is 232 g/mol. The van der Waals surface area contributed by atoms with Crippen LogP contribution in [0, 0.1) is 0 Å². The molecule has 0 saturated heterocycles. The van der Waals surface area contributed by atoms with E-state index in [9.17, 15) is 0 Å². The second-order valence-corrected chi connectivity index (χ2v) is 13.5. The van der Waals surface area contributed by atoms with Gasteiger partial charge in [-0.05, 0) is 22.3 Å². The third-order valence-electron chi connectivity index (χ3n) is 3.03. The van der Waals surface area contributed by atoms with Crippen molar-refractivity contribution >= 4 is 19.9 Å². The molecule has 0 saturated carbocycles. The molecule has 0 unspecified atom stereocenters. The van der Waals surface area contributed by atoms with Crippen LogP contribution in [0.2, 0.25) is 0 Å². The van der Waals surface area contributed by atoms with Crippen molar-refractivity contribution in [3.05, 3.63) is 60.7 Å². The van der Waals surface area contributed by atoms with Gasteiger partial charge in [0.2, 0.25) is 0 Å². The number of hydrogen-bond donors (Lipinski definition) is 2. The molecule has 86 valence electrons. The summed E-state index contributed by atoms with van der Waals surface area (Å²) in [7, 11) is -2.24. The third-order valence-corrected chi connectivity index (χ3v) is 8.06. The zero-order valence-corrected chi connectivity index (χ0v) is 11.5. The van der Waals surface area contributed by atoms with Crippen molar-refractivity contribution in [2.24, 2.45) is 0 Å². The highest BCUT2D eigenvalue weighted by Crippen LogP contribution is 2.79. The summed E-state index contributed by atoms with van der Waals surface area (Å²) in [5, 5.41) is 0. The second-order valence-electron chi connectivity index (χ2n) is 4.72. The van der Waals surface area contributed by atoms with Crippen molar-refractivity contribution in [1.29, 1.82) is 0 Å². The SMILES string of the molecule is C[SH](C)(S)(c1ccccc1)c1ccccc1. The van der Waals surface area contributed by atoms with Gasteiger partial charge >= 0.3 is 0 Å². The van der Waals surface area contributed by atoms with Gasteiger partial charge in [0.25, 0.3) is 0 Å². The molecule has 0 aliphatic heterocycles. The predicted octanol–water partition coefficient (Wildman–Crippen LogP) is 4.28. The molecular formula is C14H18S2. The Balaban J connectivity index is 2.60. The Hall–Kier alpha value is -0.860. The Kier molecular flexibility index (Phi) is 2.81. The zero-order valence-electron chi connectivity index (χ0n) is 9.67. The predicted molar refractivity (Wildman–Crippen MR) is 79.2 cm³/mol. The number of hydrogen-bond acceptors (Lipinski definition) is 1. The van der Waals surface area contributed by atoms with E-state index in [1.807, 2.05) is 0 Å². The molecule has 2 aromatic carbocycles. The molecule has 0 aliphatic rings. The molecule has 0 nitrogen and oxygen atoms in total. The maximum atomic E-state index is 5.05. The van der Waals surface area contributed by atoms with E-state index in [0.717, 1.165) is 0 Å². The Morgan fingerprint density at radius 1 is 0.688 bits per heavy atom. The van der Waals surface area contributed by atoms with Gasteiger partial charge in [0.05, 0.1) is 0 Å². The van der Waals surface area contributed by atoms with E-state index in [1.165, 1.54) is 9.79 Å². The molecule has 2 aromatic rings. The monoisotopic (exact) mass is 250 g/mol. The summed E-state index contributed by atoms with van der Waals surface area (Å²) in [4.78, 5) is 2.67. The normalized spacial score (nSPS) is 14.1. The fourth-order valence-corrected chi connectivity index (χ4v) is 5.08. The molecule has 0 N–H and O–H groups in total. The minimum absolute atomic E-state index is 1.34. The van der Waals surface area contributed by atoms with Gasteiger partial charge in [-0.15, -0.1) is 11.7 Å². The van der Waals surface area contributed by atoms with Gasteiger partial charge in [0.1, 0.15) is 0 Å². The summed E-state index contributed by atoms with van der Waals surface area (Å²) in [6.07, 6.45) is 4.55. The van der Waals surface area contributed by atoms with Crippen molar-refractivity contribution in [3.63, 3.8) is 0 Å². The third kappa shape index (κ3) is 2.00.